The molecule has 140 valence electrons. The minimum Gasteiger partial charge on any atom is -0.484 e. The van der Waals surface area contributed by atoms with Crippen molar-refractivity contribution in [2.75, 3.05) is 32.5 Å². The normalized spacial score (nSPS) is 16.3. The topological polar surface area (TPSA) is 66.9 Å². The number of benzene rings is 1. The lowest BCUT2D eigenvalue weighted by atomic mass is 10.1. The summed E-state index contributed by atoms with van der Waals surface area (Å²) in [4.78, 5) is 14.0. The molecule has 0 N–H and O–H groups in total. The zero-order valence-corrected chi connectivity index (χ0v) is 16.6. The lowest BCUT2D eigenvalue weighted by Crippen LogP contribution is -2.49. The van der Waals surface area contributed by atoms with Crippen LogP contribution in [0, 0.1) is 0 Å². The fourth-order valence-corrected chi connectivity index (χ4v) is 4.48. The molecule has 0 radical (unpaired) electrons. The van der Waals surface area contributed by atoms with Crippen molar-refractivity contribution in [2.45, 2.75) is 25.8 Å². The Labute approximate surface area is 158 Å². The number of hydrogen-bond acceptors (Lipinski definition) is 4. The molecule has 1 aromatic rings. The number of sulfonamides is 1. The van der Waals surface area contributed by atoms with E-state index in [0.717, 1.165) is 0 Å². The number of halogens is 2. The van der Waals surface area contributed by atoms with Crippen molar-refractivity contribution >= 4 is 39.1 Å². The lowest BCUT2D eigenvalue weighted by molar-refractivity contribution is -0.134. The molecule has 0 spiro atoms. The van der Waals surface area contributed by atoms with Gasteiger partial charge in [0.15, 0.2) is 6.61 Å². The van der Waals surface area contributed by atoms with Gasteiger partial charge in [0.25, 0.3) is 5.91 Å². The average molecular weight is 409 g/mol. The van der Waals surface area contributed by atoms with Gasteiger partial charge in [0, 0.05) is 31.7 Å². The highest BCUT2D eigenvalue weighted by molar-refractivity contribution is 7.88. The van der Waals surface area contributed by atoms with Crippen LogP contribution in [0.25, 0.3) is 0 Å². The Morgan fingerprint density at radius 3 is 2.44 bits per heavy atom. The van der Waals surface area contributed by atoms with Crippen LogP contribution in [0.4, 0.5) is 0 Å². The first-order valence-electron chi connectivity index (χ1n) is 8.04. The third kappa shape index (κ3) is 5.48. The van der Waals surface area contributed by atoms with Gasteiger partial charge in [0.1, 0.15) is 5.75 Å². The van der Waals surface area contributed by atoms with Crippen LogP contribution in [-0.4, -0.2) is 62.1 Å². The fraction of sp³-hybridized carbons (Fsp3) is 0.562. The summed E-state index contributed by atoms with van der Waals surface area (Å²) in [5.41, 5.74) is 0. The van der Waals surface area contributed by atoms with Crippen LogP contribution in [0.3, 0.4) is 0 Å². The van der Waals surface area contributed by atoms with Gasteiger partial charge in [-0.1, -0.05) is 30.1 Å². The molecule has 1 aliphatic heterocycles. The minimum atomic E-state index is -3.22. The number of carbonyl (C=O) groups is 1. The Bertz CT molecular complexity index is 719. The van der Waals surface area contributed by atoms with E-state index in [1.54, 1.807) is 23.1 Å². The van der Waals surface area contributed by atoms with E-state index in [9.17, 15) is 13.2 Å². The maximum atomic E-state index is 12.3. The number of hydrogen-bond donors (Lipinski definition) is 0. The van der Waals surface area contributed by atoms with E-state index < -0.39 is 10.0 Å². The number of likely N-dealkylation sites (tertiary alicyclic amines) is 1. The second-order valence-electron chi connectivity index (χ2n) is 5.94. The summed E-state index contributed by atoms with van der Waals surface area (Å²) in [5, 5.41) is 0.793. The molecule has 0 saturated carbocycles. The van der Waals surface area contributed by atoms with Crippen molar-refractivity contribution in [3.8, 4) is 5.75 Å². The second-order valence-corrected chi connectivity index (χ2v) is 8.69. The van der Waals surface area contributed by atoms with Crippen LogP contribution < -0.4 is 4.74 Å². The standard InChI is InChI=1S/C16H22Cl2N2O4S/c1-3-20(25(2,22)23)12-6-8-19(9-7-12)16(21)11-24-13-4-5-14(17)15(18)10-13/h4-5,10,12H,3,6-9,11H2,1-2H3. The third-order valence-corrected chi connectivity index (χ3v) is 6.36. The molecule has 25 heavy (non-hydrogen) atoms. The number of rotatable bonds is 6. The molecule has 1 amide bonds. The van der Waals surface area contributed by atoms with Crippen LogP contribution in [-0.2, 0) is 14.8 Å². The zero-order valence-electron chi connectivity index (χ0n) is 14.2. The molecule has 0 unspecified atom stereocenters. The lowest BCUT2D eigenvalue weighted by Gasteiger charge is -2.36. The smallest absolute Gasteiger partial charge is 0.260 e. The Morgan fingerprint density at radius 2 is 1.92 bits per heavy atom. The van der Waals surface area contributed by atoms with Crippen molar-refractivity contribution < 1.29 is 17.9 Å². The Hall–Kier alpha value is -1.02. The molecule has 0 atom stereocenters. The van der Waals surface area contributed by atoms with Crippen molar-refractivity contribution in [1.29, 1.82) is 0 Å². The summed E-state index contributed by atoms with van der Waals surface area (Å²) >= 11 is 11.8. The summed E-state index contributed by atoms with van der Waals surface area (Å²) in [6.07, 6.45) is 2.47. The SMILES string of the molecule is CCN(C1CCN(C(=O)COc2ccc(Cl)c(Cl)c2)CC1)S(C)(=O)=O. The summed E-state index contributed by atoms with van der Waals surface area (Å²) in [6.45, 7) is 3.20. The zero-order chi connectivity index (χ0) is 18.6. The largest absolute Gasteiger partial charge is 0.484 e. The van der Waals surface area contributed by atoms with Gasteiger partial charge in [-0.15, -0.1) is 0 Å². The van der Waals surface area contributed by atoms with Gasteiger partial charge in [-0.2, -0.15) is 4.31 Å². The molecule has 0 aromatic heterocycles. The monoisotopic (exact) mass is 408 g/mol. The number of carbonyl (C=O) groups excluding carboxylic acids is 1. The first-order chi connectivity index (χ1) is 11.7. The maximum Gasteiger partial charge on any atom is 0.260 e. The molecular formula is C16H22Cl2N2O4S. The predicted molar refractivity (Wildman–Crippen MR) is 98.8 cm³/mol. The molecule has 1 saturated heterocycles. The third-order valence-electron chi connectivity index (χ3n) is 4.22. The molecule has 2 rings (SSSR count). The van der Waals surface area contributed by atoms with Gasteiger partial charge in [-0.3, -0.25) is 4.79 Å². The molecule has 1 fully saturated rings. The highest BCUT2D eigenvalue weighted by Crippen LogP contribution is 2.26. The summed E-state index contributed by atoms with van der Waals surface area (Å²) in [7, 11) is -3.22. The number of amides is 1. The van der Waals surface area contributed by atoms with Crippen molar-refractivity contribution in [2.24, 2.45) is 0 Å². The van der Waals surface area contributed by atoms with Gasteiger partial charge in [0.2, 0.25) is 10.0 Å². The summed E-state index contributed by atoms with van der Waals surface area (Å²) in [5.74, 6) is 0.346. The first-order valence-corrected chi connectivity index (χ1v) is 10.6. The van der Waals surface area contributed by atoms with E-state index in [0.29, 0.717) is 48.3 Å². The van der Waals surface area contributed by atoms with E-state index in [-0.39, 0.29) is 18.6 Å². The second kappa shape index (κ2) is 8.58. The van der Waals surface area contributed by atoms with Crippen molar-refractivity contribution in [1.82, 2.24) is 9.21 Å². The first kappa shape index (κ1) is 20.3. The molecule has 1 aromatic carbocycles. The van der Waals surface area contributed by atoms with Crippen LogP contribution in [0.1, 0.15) is 19.8 Å². The maximum absolute atomic E-state index is 12.3. The van der Waals surface area contributed by atoms with Gasteiger partial charge in [0.05, 0.1) is 16.3 Å². The molecule has 1 heterocycles. The predicted octanol–water partition coefficient (Wildman–Crippen LogP) is 2.64. The Kier molecular flexibility index (Phi) is 6.96. The van der Waals surface area contributed by atoms with Crippen LogP contribution in [0.2, 0.25) is 10.0 Å². The van der Waals surface area contributed by atoms with Crippen LogP contribution in [0.5, 0.6) is 5.75 Å². The summed E-state index contributed by atoms with van der Waals surface area (Å²) < 4.78 is 30.6. The number of piperidine rings is 1. The average Bonchev–Trinajstić information content (AvgIpc) is 2.55. The van der Waals surface area contributed by atoms with Crippen molar-refractivity contribution in [3.05, 3.63) is 28.2 Å². The molecule has 0 aliphatic carbocycles. The highest BCUT2D eigenvalue weighted by Gasteiger charge is 2.30. The van der Waals surface area contributed by atoms with Gasteiger partial charge >= 0.3 is 0 Å². The molecule has 1 aliphatic rings. The van der Waals surface area contributed by atoms with E-state index in [4.69, 9.17) is 27.9 Å². The van der Waals surface area contributed by atoms with E-state index in [1.165, 1.54) is 10.6 Å². The van der Waals surface area contributed by atoms with Gasteiger partial charge < -0.3 is 9.64 Å². The highest BCUT2D eigenvalue weighted by atomic mass is 35.5. The number of nitrogens with zero attached hydrogens (tertiary/aromatic N) is 2. The molecule has 0 bridgehead atoms. The van der Waals surface area contributed by atoms with Gasteiger partial charge in [-0.05, 0) is 25.0 Å². The van der Waals surface area contributed by atoms with Gasteiger partial charge in [-0.25, -0.2) is 8.42 Å². The minimum absolute atomic E-state index is 0.0555. The Morgan fingerprint density at radius 1 is 1.28 bits per heavy atom. The van der Waals surface area contributed by atoms with Crippen molar-refractivity contribution in [3.63, 3.8) is 0 Å². The summed E-state index contributed by atoms with van der Waals surface area (Å²) in [6, 6.07) is 4.77. The Balaban J connectivity index is 1.85. The number of ether oxygens (including phenoxy) is 1. The quantitative estimate of drug-likeness (QED) is 0.725. The molecule has 6 nitrogen and oxygen atoms in total. The van der Waals surface area contributed by atoms with E-state index in [2.05, 4.69) is 0 Å². The molecular weight excluding hydrogens is 387 g/mol. The van der Waals surface area contributed by atoms with Crippen LogP contribution in [0.15, 0.2) is 18.2 Å². The van der Waals surface area contributed by atoms with E-state index in [1.807, 2.05) is 6.92 Å². The molecule has 9 heteroatoms. The fourth-order valence-electron chi connectivity index (χ4n) is 2.97. The van der Waals surface area contributed by atoms with E-state index >= 15 is 0 Å². The van der Waals surface area contributed by atoms with Crippen LogP contribution >= 0.6 is 23.2 Å².